The van der Waals surface area contributed by atoms with Crippen LogP contribution in [0.15, 0.2) is 21.7 Å². The van der Waals surface area contributed by atoms with E-state index in [4.69, 9.17) is 10.6 Å². The molecule has 13 heavy (non-hydrogen) atoms. The van der Waals surface area contributed by atoms with Crippen molar-refractivity contribution >= 4 is 22.1 Å². The second-order valence-electron chi connectivity index (χ2n) is 2.30. The molecule has 1 aromatic rings. The highest BCUT2D eigenvalue weighted by molar-refractivity contribution is 9.10. The van der Waals surface area contributed by atoms with Crippen molar-refractivity contribution in [1.82, 2.24) is 0 Å². The predicted molar refractivity (Wildman–Crippen MR) is 54.1 cm³/mol. The zero-order valence-electron chi connectivity index (χ0n) is 6.99. The van der Waals surface area contributed by atoms with Crippen LogP contribution < -0.4 is 10.6 Å². The van der Waals surface area contributed by atoms with Gasteiger partial charge in [0.25, 0.3) is 0 Å². The van der Waals surface area contributed by atoms with E-state index < -0.39 is 0 Å². The number of phenolic OH excluding ortho intramolecular Hbond substituents is 1. The highest BCUT2D eigenvalue weighted by Gasteiger charge is 2.09. The Kier molecular flexibility index (Phi) is 3.13. The van der Waals surface area contributed by atoms with Crippen LogP contribution in [-0.2, 0) is 0 Å². The van der Waals surface area contributed by atoms with Crippen molar-refractivity contribution in [2.24, 2.45) is 10.9 Å². The molecule has 0 bridgehead atoms. The first-order valence-electron chi connectivity index (χ1n) is 3.49. The zero-order valence-corrected chi connectivity index (χ0v) is 8.58. The summed E-state index contributed by atoms with van der Waals surface area (Å²) in [5.41, 5.74) is 0.747. The molecule has 0 atom stereocenters. The van der Waals surface area contributed by atoms with E-state index >= 15 is 0 Å². The van der Waals surface area contributed by atoms with Crippen molar-refractivity contribution in [3.63, 3.8) is 0 Å². The van der Waals surface area contributed by atoms with Gasteiger partial charge in [-0.15, -0.1) is 0 Å². The molecule has 1 rings (SSSR count). The van der Waals surface area contributed by atoms with E-state index in [0.29, 0.717) is 10.2 Å². The van der Waals surface area contributed by atoms with Crippen LogP contribution in [-0.4, -0.2) is 18.4 Å². The number of hydrogen-bond donors (Lipinski definition) is 2. The van der Waals surface area contributed by atoms with E-state index in [-0.39, 0.29) is 5.75 Å². The fourth-order valence-electron chi connectivity index (χ4n) is 0.935. The largest absolute Gasteiger partial charge is 0.504 e. The van der Waals surface area contributed by atoms with Crippen LogP contribution in [0.2, 0.25) is 0 Å². The molecule has 4 nitrogen and oxygen atoms in total. The Morgan fingerprint density at radius 1 is 1.62 bits per heavy atom. The Morgan fingerprint density at radius 2 is 2.31 bits per heavy atom. The van der Waals surface area contributed by atoms with Gasteiger partial charge in [-0.2, -0.15) is 5.10 Å². The average molecular weight is 245 g/mol. The summed E-state index contributed by atoms with van der Waals surface area (Å²) >= 11 is 3.26. The van der Waals surface area contributed by atoms with E-state index in [1.54, 1.807) is 6.07 Å². The molecule has 70 valence electrons. The smallest absolute Gasteiger partial charge is 0.175 e. The lowest BCUT2D eigenvalue weighted by Gasteiger charge is -2.07. The van der Waals surface area contributed by atoms with Crippen LogP contribution in [0, 0.1) is 0 Å². The Balaban J connectivity index is 3.27. The number of ether oxygens (including phenoxy) is 1. The number of hydrogen-bond acceptors (Lipinski definition) is 4. The van der Waals surface area contributed by atoms with Gasteiger partial charge in [0.15, 0.2) is 11.5 Å². The number of nitrogens with two attached hydrogens (primary N) is 1. The first kappa shape index (κ1) is 9.85. The molecule has 0 heterocycles. The topological polar surface area (TPSA) is 67.8 Å². The molecular weight excluding hydrogens is 236 g/mol. The minimum Gasteiger partial charge on any atom is -0.504 e. The molecular formula is C8H9BrN2O2. The lowest BCUT2D eigenvalue weighted by Crippen LogP contribution is -1.92. The summed E-state index contributed by atoms with van der Waals surface area (Å²) in [5.74, 6) is 5.45. The van der Waals surface area contributed by atoms with E-state index in [2.05, 4.69) is 21.0 Å². The van der Waals surface area contributed by atoms with Crippen LogP contribution in [0.25, 0.3) is 0 Å². The Bertz CT molecular complexity index is 339. The van der Waals surface area contributed by atoms with Gasteiger partial charge in [0.05, 0.1) is 17.8 Å². The molecule has 0 aliphatic rings. The van der Waals surface area contributed by atoms with Crippen molar-refractivity contribution in [3.05, 3.63) is 22.2 Å². The molecule has 0 amide bonds. The number of aromatic hydroxyl groups is 1. The number of phenols is 1. The molecule has 1 aromatic carbocycles. The minimum absolute atomic E-state index is 0.0727. The van der Waals surface area contributed by atoms with Gasteiger partial charge in [-0.1, -0.05) is 0 Å². The zero-order chi connectivity index (χ0) is 9.84. The average Bonchev–Trinajstić information content (AvgIpc) is 2.11. The van der Waals surface area contributed by atoms with Gasteiger partial charge < -0.3 is 15.7 Å². The maximum absolute atomic E-state index is 9.35. The predicted octanol–water partition coefficient (Wildman–Crippen LogP) is 1.46. The second-order valence-corrected chi connectivity index (χ2v) is 3.09. The number of rotatable bonds is 2. The second kappa shape index (κ2) is 4.13. The van der Waals surface area contributed by atoms with Crippen LogP contribution >= 0.6 is 15.9 Å². The standard InChI is InChI=1S/C8H9BrN2O2/c1-13-8-6(12)3-2-5(4-11-10)7(8)9/h2-4,12H,10H2,1H3. The van der Waals surface area contributed by atoms with Crippen molar-refractivity contribution in [2.45, 2.75) is 0 Å². The first-order chi connectivity index (χ1) is 6.20. The van der Waals surface area contributed by atoms with Gasteiger partial charge in [0.1, 0.15) is 0 Å². The first-order valence-corrected chi connectivity index (χ1v) is 4.28. The van der Waals surface area contributed by atoms with Crippen molar-refractivity contribution < 1.29 is 9.84 Å². The lowest BCUT2D eigenvalue weighted by atomic mass is 10.2. The van der Waals surface area contributed by atoms with Gasteiger partial charge in [0.2, 0.25) is 0 Å². The van der Waals surface area contributed by atoms with Gasteiger partial charge >= 0.3 is 0 Å². The SMILES string of the molecule is COc1c(O)ccc(C=NN)c1Br. The Hall–Kier alpha value is -1.23. The summed E-state index contributed by atoms with van der Waals surface area (Å²) in [7, 11) is 1.48. The highest BCUT2D eigenvalue weighted by Crippen LogP contribution is 2.35. The number of benzene rings is 1. The third kappa shape index (κ3) is 1.92. The van der Waals surface area contributed by atoms with Gasteiger partial charge in [-0.25, -0.2) is 0 Å². The quantitative estimate of drug-likeness (QED) is 0.470. The maximum atomic E-state index is 9.35. The third-order valence-electron chi connectivity index (χ3n) is 1.52. The molecule has 0 saturated heterocycles. The fourth-order valence-corrected chi connectivity index (χ4v) is 1.53. The summed E-state index contributed by atoms with van der Waals surface area (Å²) in [6.07, 6.45) is 1.46. The highest BCUT2D eigenvalue weighted by atomic mass is 79.9. The summed E-state index contributed by atoms with van der Waals surface area (Å²) in [6, 6.07) is 3.19. The summed E-state index contributed by atoms with van der Waals surface area (Å²) < 4.78 is 5.59. The van der Waals surface area contributed by atoms with Crippen molar-refractivity contribution in [3.8, 4) is 11.5 Å². The van der Waals surface area contributed by atoms with Gasteiger partial charge in [-0.05, 0) is 28.1 Å². The molecule has 0 aliphatic heterocycles. The van der Waals surface area contributed by atoms with Crippen LogP contribution in [0.3, 0.4) is 0 Å². The molecule has 0 unspecified atom stereocenters. The number of hydrazone groups is 1. The molecule has 0 fully saturated rings. The lowest BCUT2D eigenvalue weighted by molar-refractivity contribution is 0.371. The van der Waals surface area contributed by atoms with Crippen LogP contribution in [0.1, 0.15) is 5.56 Å². The third-order valence-corrected chi connectivity index (χ3v) is 2.34. The maximum Gasteiger partial charge on any atom is 0.175 e. The number of nitrogens with zero attached hydrogens (tertiary/aromatic N) is 1. The van der Waals surface area contributed by atoms with Crippen molar-refractivity contribution in [2.75, 3.05) is 7.11 Å². The fraction of sp³-hybridized carbons (Fsp3) is 0.125. The van der Waals surface area contributed by atoms with Crippen LogP contribution in [0.5, 0.6) is 11.5 Å². The Labute approximate surface area is 84.1 Å². The monoisotopic (exact) mass is 244 g/mol. The minimum atomic E-state index is 0.0727. The summed E-state index contributed by atoms with van der Waals surface area (Å²) in [6.45, 7) is 0. The molecule has 0 spiro atoms. The van der Waals surface area contributed by atoms with E-state index in [1.165, 1.54) is 19.4 Å². The molecule has 3 N–H and O–H groups in total. The van der Waals surface area contributed by atoms with E-state index in [9.17, 15) is 5.11 Å². The molecule has 0 aromatic heterocycles. The summed E-state index contributed by atoms with van der Waals surface area (Å²) in [4.78, 5) is 0. The molecule has 0 saturated carbocycles. The molecule has 0 aliphatic carbocycles. The van der Waals surface area contributed by atoms with Gasteiger partial charge in [0, 0.05) is 5.56 Å². The van der Waals surface area contributed by atoms with Crippen molar-refractivity contribution in [1.29, 1.82) is 0 Å². The number of halogens is 1. The van der Waals surface area contributed by atoms with Crippen LogP contribution in [0.4, 0.5) is 0 Å². The van der Waals surface area contributed by atoms with Gasteiger partial charge in [-0.3, -0.25) is 0 Å². The van der Waals surface area contributed by atoms with E-state index in [0.717, 1.165) is 5.56 Å². The summed E-state index contributed by atoms with van der Waals surface area (Å²) in [5, 5.41) is 12.7. The normalized spacial score (nSPS) is 10.6. The molecule has 0 radical (unpaired) electrons. The number of methoxy groups -OCH3 is 1. The molecule has 5 heteroatoms. The Morgan fingerprint density at radius 3 is 2.85 bits per heavy atom. The van der Waals surface area contributed by atoms with E-state index in [1.807, 2.05) is 0 Å².